The second-order valence-corrected chi connectivity index (χ2v) is 7.28. The number of carbonyl (C=O) groups is 1. The summed E-state index contributed by atoms with van der Waals surface area (Å²) >= 11 is 0. The third-order valence-electron chi connectivity index (χ3n) is 5.32. The molecule has 27 heavy (non-hydrogen) atoms. The second-order valence-electron chi connectivity index (χ2n) is 7.28. The van der Waals surface area contributed by atoms with E-state index in [0.29, 0.717) is 17.7 Å². The molecule has 2 heterocycles. The predicted molar refractivity (Wildman–Crippen MR) is 103 cm³/mol. The van der Waals surface area contributed by atoms with Crippen LogP contribution in [-0.2, 0) is 6.54 Å². The molecule has 1 aromatic carbocycles. The Morgan fingerprint density at radius 3 is 2.56 bits per heavy atom. The van der Waals surface area contributed by atoms with Crippen molar-refractivity contribution in [1.29, 1.82) is 0 Å². The molecule has 0 N–H and O–H groups in total. The number of nitrogens with zero attached hydrogens (tertiary/aromatic N) is 2. The van der Waals surface area contributed by atoms with Crippen LogP contribution in [0.25, 0.3) is 10.9 Å². The number of aromatic carboxylic acids is 1. The van der Waals surface area contributed by atoms with Crippen molar-refractivity contribution in [3.63, 3.8) is 0 Å². The molecule has 6 heteroatoms. The number of unbranched alkanes of at least 4 members (excludes halogenated alkanes) is 3. The van der Waals surface area contributed by atoms with Gasteiger partial charge in [-0.25, -0.2) is 4.39 Å². The fraction of sp³-hybridized carbons (Fsp3) is 0.524. The van der Waals surface area contributed by atoms with Gasteiger partial charge in [0.05, 0.1) is 22.7 Å². The quantitative estimate of drug-likeness (QED) is 0.700. The summed E-state index contributed by atoms with van der Waals surface area (Å²) in [4.78, 5) is 25.9. The Balaban J connectivity index is 2.09. The number of carbonyl (C=O) groups excluding carboxylic acids is 1. The smallest absolute Gasteiger partial charge is 0.198 e. The first kappa shape index (κ1) is 19.4. The molecule has 0 aliphatic carbocycles. The third kappa shape index (κ3) is 4.15. The van der Waals surface area contributed by atoms with Crippen molar-refractivity contribution in [1.82, 2.24) is 4.57 Å². The van der Waals surface area contributed by atoms with Gasteiger partial charge in [-0.2, -0.15) is 0 Å². The zero-order chi connectivity index (χ0) is 19.4. The van der Waals surface area contributed by atoms with Gasteiger partial charge in [0.25, 0.3) is 0 Å². The Kier molecular flexibility index (Phi) is 6.14. The summed E-state index contributed by atoms with van der Waals surface area (Å²) in [7, 11) is 0. The van der Waals surface area contributed by atoms with E-state index < -0.39 is 22.8 Å². The molecule has 0 spiro atoms. The largest absolute Gasteiger partial charge is 0.545 e. The molecule has 1 aliphatic rings. The molecule has 1 aromatic heterocycles. The Morgan fingerprint density at radius 2 is 1.89 bits per heavy atom. The summed E-state index contributed by atoms with van der Waals surface area (Å²) in [6.07, 6.45) is 8.61. The lowest BCUT2D eigenvalue weighted by molar-refractivity contribution is -0.255. The molecule has 5 nitrogen and oxygen atoms in total. The van der Waals surface area contributed by atoms with Crippen LogP contribution in [-0.4, -0.2) is 23.6 Å². The number of pyridine rings is 1. The lowest BCUT2D eigenvalue weighted by Crippen LogP contribution is -2.31. The summed E-state index contributed by atoms with van der Waals surface area (Å²) < 4.78 is 16.5. The minimum Gasteiger partial charge on any atom is -0.545 e. The summed E-state index contributed by atoms with van der Waals surface area (Å²) in [6, 6.07) is 2.90. The first-order valence-corrected chi connectivity index (χ1v) is 9.86. The van der Waals surface area contributed by atoms with Crippen molar-refractivity contribution in [3.05, 3.63) is 39.9 Å². The molecule has 1 fully saturated rings. The normalized spacial score (nSPS) is 14.7. The summed E-state index contributed by atoms with van der Waals surface area (Å²) in [5.74, 6) is -2.00. The molecule has 0 bridgehead atoms. The molecule has 3 rings (SSSR count). The van der Waals surface area contributed by atoms with Gasteiger partial charge in [-0.15, -0.1) is 0 Å². The van der Waals surface area contributed by atoms with Gasteiger partial charge in [-0.1, -0.05) is 26.2 Å². The zero-order valence-electron chi connectivity index (χ0n) is 15.8. The molecule has 0 saturated carbocycles. The molecule has 0 amide bonds. The Hall–Kier alpha value is -2.37. The first-order valence-electron chi connectivity index (χ1n) is 9.86. The molecule has 2 aromatic rings. The van der Waals surface area contributed by atoms with Crippen molar-refractivity contribution in [3.8, 4) is 0 Å². The van der Waals surface area contributed by atoms with Gasteiger partial charge in [0.2, 0.25) is 0 Å². The average Bonchev–Trinajstić information content (AvgIpc) is 2.67. The number of aryl methyl sites for hydroxylation is 1. The van der Waals surface area contributed by atoms with E-state index in [1.54, 1.807) is 10.6 Å². The van der Waals surface area contributed by atoms with Crippen LogP contribution in [0.15, 0.2) is 23.1 Å². The SMILES string of the molecule is CCCCCCn1cc(C(=O)[O-])c(=O)c2cc(F)c(N3CCCCC3)cc21. The van der Waals surface area contributed by atoms with Crippen molar-refractivity contribution in [2.45, 2.75) is 58.4 Å². The lowest BCUT2D eigenvalue weighted by atomic mass is 10.1. The molecule has 0 radical (unpaired) electrons. The van der Waals surface area contributed by atoms with Crippen LogP contribution in [0, 0.1) is 5.82 Å². The molecule has 146 valence electrons. The van der Waals surface area contributed by atoms with Gasteiger partial charge in [-0.3, -0.25) is 4.79 Å². The minimum atomic E-state index is -1.52. The monoisotopic (exact) mass is 373 g/mol. The highest BCUT2D eigenvalue weighted by atomic mass is 19.1. The van der Waals surface area contributed by atoms with Crippen LogP contribution in [0.1, 0.15) is 62.2 Å². The van der Waals surface area contributed by atoms with E-state index >= 15 is 0 Å². The molecule has 0 unspecified atom stereocenters. The highest BCUT2D eigenvalue weighted by molar-refractivity contribution is 5.92. The van der Waals surface area contributed by atoms with E-state index in [4.69, 9.17) is 0 Å². The number of carboxylic acids is 1. The standard InChI is InChI=1S/C21H27FN2O3/c1-2-3-4-6-11-24-14-16(21(26)27)20(25)15-12-17(22)19(13-18(15)24)23-9-7-5-8-10-23/h12-14H,2-11H2,1H3,(H,26,27)/p-1. The maximum absolute atomic E-state index is 14.7. The van der Waals surface area contributed by atoms with Crippen molar-refractivity contribution < 1.29 is 14.3 Å². The molecular weight excluding hydrogens is 347 g/mol. The topological polar surface area (TPSA) is 65.4 Å². The van der Waals surface area contributed by atoms with Crippen LogP contribution >= 0.6 is 0 Å². The number of fused-ring (bicyclic) bond motifs is 1. The van der Waals surface area contributed by atoms with Crippen LogP contribution in [0.2, 0.25) is 0 Å². The fourth-order valence-electron chi connectivity index (χ4n) is 3.82. The number of carboxylic acid groups (broad SMARTS) is 1. The van der Waals surface area contributed by atoms with E-state index in [1.165, 1.54) is 12.3 Å². The van der Waals surface area contributed by atoms with E-state index in [9.17, 15) is 19.1 Å². The highest BCUT2D eigenvalue weighted by Gasteiger charge is 2.19. The van der Waals surface area contributed by atoms with E-state index in [0.717, 1.165) is 58.0 Å². The van der Waals surface area contributed by atoms with Crippen molar-refractivity contribution >= 4 is 22.6 Å². The number of hydrogen-bond donors (Lipinski definition) is 0. The molecular formula is C21H26FN2O3-. The van der Waals surface area contributed by atoms with Crippen LogP contribution in [0.5, 0.6) is 0 Å². The molecule has 1 aliphatic heterocycles. The van der Waals surface area contributed by atoms with Crippen molar-refractivity contribution in [2.24, 2.45) is 0 Å². The Labute approximate surface area is 158 Å². The van der Waals surface area contributed by atoms with Crippen molar-refractivity contribution in [2.75, 3.05) is 18.0 Å². The number of hydrogen-bond acceptors (Lipinski definition) is 4. The predicted octanol–water partition coefficient (Wildman–Crippen LogP) is 3.07. The van der Waals surface area contributed by atoms with Gasteiger partial charge in [0.1, 0.15) is 5.82 Å². The number of anilines is 1. The van der Waals surface area contributed by atoms with Crippen LogP contribution in [0.4, 0.5) is 10.1 Å². The number of halogens is 1. The van der Waals surface area contributed by atoms with Gasteiger partial charge in [0, 0.05) is 31.2 Å². The number of aromatic nitrogens is 1. The summed E-state index contributed by atoms with van der Waals surface area (Å²) in [5, 5.41) is 11.5. The summed E-state index contributed by atoms with van der Waals surface area (Å²) in [5.41, 5.74) is -0.0180. The third-order valence-corrected chi connectivity index (χ3v) is 5.32. The van der Waals surface area contributed by atoms with Crippen LogP contribution < -0.4 is 15.4 Å². The molecule has 0 atom stereocenters. The van der Waals surface area contributed by atoms with Gasteiger partial charge >= 0.3 is 0 Å². The van der Waals surface area contributed by atoms with Crippen LogP contribution in [0.3, 0.4) is 0 Å². The number of benzene rings is 1. The number of piperidine rings is 1. The second kappa shape index (κ2) is 8.55. The Bertz CT molecular complexity index is 885. The highest BCUT2D eigenvalue weighted by Crippen LogP contribution is 2.27. The molecule has 1 saturated heterocycles. The maximum atomic E-state index is 14.7. The number of rotatable bonds is 7. The first-order chi connectivity index (χ1) is 13.0. The van der Waals surface area contributed by atoms with E-state index in [-0.39, 0.29) is 5.39 Å². The van der Waals surface area contributed by atoms with E-state index in [1.807, 2.05) is 4.90 Å². The van der Waals surface area contributed by atoms with E-state index in [2.05, 4.69) is 6.92 Å². The maximum Gasteiger partial charge on any atom is 0.198 e. The average molecular weight is 373 g/mol. The van der Waals surface area contributed by atoms with Gasteiger partial charge in [-0.05, 0) is 37.8 Å². The Morgan fingerprint density at radius 1 is 1.15 bits per heavy atom. The fourth-order valence-corrected chi connectivity index (χ4v) is 3.82. The zero-order valence-corrected chi connectivity index (χ0v) is 15.8. The van der Waals surface area contributed by atoms with Gasteiger partial charge < -0.3 is 19.4 Å². The lowest BCUT2D eigenvalue weighted by Gasteiger charge is -2.29. The minimum absolute atomic E-state index is 0.102. The van der Waals surface area contributed by atoms with Gasteiger partial charge in [0.15, 0.2) is 5.43 Å². The summed E-state index contributed by atoms with van der Waals surface area (Å²) in [6.45, 7) is 4.29.